The van der Waals surface area contributed by atoms with Crippen molar-refractivity contribution < 1.29 is 8.42 Å². The number of aryl methyl sites for hydroxylation is 1. The minimum absolute atomic E-state index is 0.142. The SMILES string of the molecule is Cc1cc(S(=O)(=O)NC2CC2)sc1N. The number of hydrogen-bond donors (Lipinski definition) is 2. The largest absolute Gasteiger partial charge is 0.390 e. The molecule has 0 radical (unpaired) electrons. The van der Waals surface area contributed by atoms with Crippen LogP contribution in [0.25, 0.3) is 0 Å². The van der Waals surface area contributed by atoms with Gasteiger partial charge in [0.1, 0.15) is 4.21 Å². The van der Waals surface area contributed by atoms with Gasteiger partial charge in [-0.2, -0.15) is 0 Å². The first-order chi connectivity index (χ1) is 6.49. The molecule has 1 saturated carbocycles. The maximum absolute atomic E-state index is 11.7. The van der Waals surface area contributed by atoms with Crippen LogP contribution >= 0.6 is 11.3 Å². The van der Waals surface area contributed by atoms with Crippen molar-refractivity contribution in [1.82, 2.24) is 4.72 Å². The standard InChI is InChI=1S/C8H12N2O2S2/c1-5-4-7(13-8(5)9)14(11,12)10-6-2-3-6/h4,6,10H,2-3,9H2,1H3. The maximum atomic E-state index is 11.7. The van der Waals surface area contributed by atoms with Crippen LogP contribution in [0.1, 0.15) is 18.4 Å². The topological polar surface area (TPSA) is 72.2 Å². The number of nitrogens with one attached hydrogen (secondary N) is 1. The van der Waals surface area contributed by atoms with Crippen LogP contribution in [0.15, 0.2) is 10.3 Å². The van der Waals surface area contributed by atoms with Crippen LogP contribution in [0.5, 0.6) is 0 Å². The molecule has 1 fully saturated rings. The zero-order chi connectivity index (χ0) is 10.3. The molecule has 0 atom stereocenters. The third-order valence-corrected chi connectivity index (χ3v) is 5.16. The minimum Gasteiger partial charge on any atom is -0.390 e. The van der Waals surface area contributed by atoms with E-state index in [4.69, 9.17) is 5.73 Å². The smallest absolute Gasteiger partial charge is 0.250 e. The fraction of sp³-hybridized carbons (Fsp3) is 0.500. The number of nitrogens with two attached hydrogens (primary N) is 1. The van der Waals surface area contributed by atoms with E-state index in [-0.39, 0.29) is 6.04 Å². The first kappa shape index (κ1) is 9.95. The van der Waals surface area contributed by atoms with Gasteiger partial charge in [-0.15, -0.1) is 11.3 Å². The molecule has 0 bridgehead atoms. The molecule has 0 spiro atoms. The lowest BCUT2D eigenvalue weighted by Crippen LogP contribution is -2.24. The van der Waals surface area contributed by atoms with Crippen LogP contribution in [0, 0.1) is 6.92 Å². The van der Waals surface area contributed by atoms with Gasteiger partial charge < -0.3 is 5.73 Å². The Kier molecular flexibility index (Phi) is 2.29. The molecule has 0 aliphatic heterocycles. The van der Waals surface area contributed by atoms with Crippen molar-refractivity contribution in [3.63, 3.8) is 0 Å². The molecule has 2 rings (SSSR count). The molecular formula is C8H12N2O2S2. The summed E-state index contributed by atoms with van der Waals surface area (Å²) in [5.74, 6) is 0. The summed E-state index contributed by atoms with van der Waals surface area (Å²) in [5, 5.41) is 0.571. The van der Waals surface area contributed by atoms with Gasteiger partial charge in [0.2, 0.25) is 10.0 Å². The second-order valence-electron chi connectivity index (χ2n) is 3.51. The average Bonchev–Trinajstić information content (AvgIpc) is 2.79. The summed E-state index contributed by atoms with van der Waals surface area (Å²) in [4.78, 5) is 0. The van der Waals surface area contributed by atoms with Crippen molar-refractivity contribution in [3.8, 4) is 0 Å². The number of hydrogen-bond acceptors (Lipinski definition) is 4. The molecule has 1 aromatic heterocycles. The first-order valence-electron chi connectivity index (χ1n) is 4.37. The Hall–Kier alpha value is -0.590. The lowest BCUT2D eigenvalue weighted by molar-refractivity contribution is 0.583. The van der Waals surface area contributed by atoms with Gasteiger partial charge in [0.25, 0.3) is 0 Å². The van der Waals surface area contributed by atoms with Gasteiger partial charge in [-0.25, -0.2) is 13.1 Å². The molecule has 1 heterocycles. The van der Waals surface area contributed by atoms with Crippen LogP contribution in [0.4, 0.5) is 5.00 Å². The van der Waals surface area contributed by atoms with Crippen molar-refractivity contribution in [3.05, 3.63) is 11.6 Å². The van der Waals surface area contributed by atoms with Crippen LogP contribution in [-0.2, 0) is 10.0 Å². The lowest BCUT2D eigenvalue weighted by Gasteiger charge is -2.00. The van der Waals surface area contributed by atoms with Crippen molar-refractivity contribution in [2.75, 3.05) is 5.73 Å². The summed E-state index contributed by atoms with van der Waals surface area (Å²) in [5.41, 5.74) is 6.44. The average molecular weight is 232 g/mol. The summed E-state index contributed by atoms with van der Waals surface area (Å²) in [6, 6.07) is 1.76. The number of sulfonamides is 1. The molecule has 3 N–H and O–H groups in total. The summed E-state index contributed by atoms with van der Waals surface area (Å²) < 4.78 is 26.3. The Morgan fingerprint density at radius 3 is 2.64 bits per heavy atom. The molecule has 4 nitrogen and oxygen atoms in total. The van der Waals surface area contributed by atoms with E-state index in [1.54, 1.807) is 6.07 Å². The van der Waals surface area contributed by atoms with E-state index in [1.165, 1.54) is 0 Å². The van der Waals surface area contributed by atoms with Gasteiger partial charge in [-0.1, -0.05) is 0 Å². The fourth-order valence-corrected chi connectivity index (χ4v) is 3.72. The fourth-order valence-electron chi connectivity index (χ4n) is 1.08. The Bertz CT molecular complexity index is 426. The molecule has 1 aliphatic rings. The van der Waals surface area contributed by atoms with Gasteiger partial charge in [0.15, 0.2) is 0 Å². The zero-order valence-corrected chi connectivity index (χ0v) is 9.41. The highest BCUT2D eigenvalue weighted by Crippen LogP contribution is 2.29. The monoisotopic (exact) mass is 232 g/mol. The summed E-state index contributed by atoms with van der Waals surface area (Å²) >= 11 is 1.12. The molecule has 0 unspecified atom stereocenters. The number of anilines is 1. The summed E-state index contributed by atoms with van der Waals surface area (Å²) in [6.45, 7) is 1.81. The van der Waals surface area contributed by atoms with Gasteiger partial charge in [0, 0.05) is 6.04 Å². The Morgan fingerprint density at radius 1 is 1.57 bits per heavy atom. The van der Waals surface area contributed by atoms with E-state index in [1.807, 2.05) is 6.92 Å². The molecule has 0 saturated heterocycles. The van der Waals surface area contributed by atoms with Crippen molar-refractivity contribution in [2.45, 2.75) is 30.0 Å². The molecule has 1 aliphatic carbocycles. The normalized spacial score (nSPS) is 17.2. The quantitative estimate of drug-likeness (QED) is 0.819. The molecule has 1 aromatic rings. The molecule has 78 valence electrons. The first-order valence-corrected chi connectivity index (χ1v) is 6.67. The van der Waals surface area contributed by atoms with Crippen LogP contribution in [0.2, 0.25) is 0 Å². The highest BCUT2D eigenvalue weighted by atomic mass is 32.2. The van der Waals surface area contributed by atoms with E-state index in [0.29, 0.717) is 9.21 Å². The third-order valence-electron chi connectivity index (χ3n) is 2.10. The van der Waals surface area contributed by atoms with Crippen LogP contribution in [-0.4, -0.2) is 14.5 Å². The molecule has 0 aromatic carbocycles. The predicted molar refractivity (Wildman–Crippen MR) is 56.8 cm³/mol. The van der Waals surface area contributed by atoms with Gasteiger partial charge in [-0.05, 0) is 31.4 Å². The predicted octanol–water partition coefficient (Wildman–Crippen LogP) is 1.08. The molecule has 14 heavy (non-hydrogen) atoms. The number of nitrogen functional groups attached to an aromatic ring is 1. The maximum Gasteiger partial charge on any atom is 0.250 e. The minimum atomic E-state index is -3.31. The number of rotatable bonds is 3. The van der Waals surface area contributed by atoms with E-state index in [9.17, 15) is 8.42 Å². The Balaban J connectivity index is 2.28. The second-order valence-corrected chi connectivity index (χ2v) is 6.53. The van der Waals surface area contributed by atoms with Crippen molar-refractivity contribution in [2.24, 2.45) is 0 Å². The lowest BCUT2D eigenvalue weighted by atomic mass is 10.4. The highest BCUT2D eigenvalue weighted by Gasteiger charge is 2.29. The molecule has 6 heteroatoms. The molecular weight excluding hydrogens is 220 g/mol. The third kappa shape index (κ3) is 1.92. The highest BCUT2D eigenvalue weighted by molar-refractivity contribution is 7.91. The van der Waals surface area contributed by atoms with Gasteiger partial charge >= 0.3 is 0 Å². The second kappa shape index (κ2) is 3.22. The van der Waals surface area contributed by atoms with Crippen molar-refractivity contribution >= 4 is 26.4 Å². The number of thiophene rings is 1. The van der Waals surface area contributed by atoms with E-state index in [0.717, 1.165) is 29.7 Å². The van der Waals surface area contributed by atoms with E-state index in [2.05, 4.69) is 4.72 Å². The van der Waals surface area contributed by atoms with Gasteiger partial charge in [-0.3, -0.25) is 0 Å². The van der Waals surface area contributed by atoms with E-state index < -0.39 is 10.0 Å². The summed E-state index contributed by atoms with van der Waals surface area (Å²) in [6.07, 6.45) is 1.89. The van der Waals surface area contributed by atoms with E-state index >= 15 is 0 Å². The van der Waals surface area contributed by atoms with Crippen LogP contribution < -0.4 is 10.5 Å². The van der Waals surface area contributed by atoms with Crippen molar-refractivity contribution in [1.29, 1.82) is 0 Å². The Morgan fingerprint density at radius 2 is 2.21 bits per heavy atom. The Labute approximate surface area is 87.2 Å². The zero-order valence-electron chi connectivity index (χ0n) is 7.78. The van der Waals surface area contributed by atoms with Crippen LogP contribution in [0.3, 0.4) is 0 Å². The summed E-state index contributed by atoms with van der Waals surface area (Å²) in [7, 11) is -3.31. The molecule has 0 amide bonds. The van der Waals surface area contributed by atoms with Gasteiger partial charge in [0.05, 0.1) is 5.00 Å².